The third kappa shape index (κ3) is 7.32. The fourth-order valence-electron chi connectivity index (χ4n) is 1.02. The number of Topliss-reactive ketones (excluding diaryl/α,β-unsaturated/α-hetero) is 1. The van der Waals surface area contributed by atoms with E-state index >= 15 is 0 Å². The van der Waals surface area contributed by atoms with Gasteiger partial charge in [-0.05, 0) is 20.8 Å². The highest BCUT2D eigenvalue weighted by Crippen LogP contribution is 2.07. The number of ether oxygens (including phenoxy) is 1. The van der Waals surface area contributed by atoms with Crippen LogP contribution in [0.2, 0.25) is 0 Å². The molecule has 0 rings (SSSR count). The smallest absolute Gasteiger partial charge is 0.408 e. The van der Waals surface area contributed by atoms with Crippen molar-refractivity contribution in [1.29, 1.82) is 0 Å². The molecule has 0 radical (unpaired) electrons. The molecule has 98 valence electrons. The second-order valence-corrected chi connectivity index (χ2v) is 4.63. The number of nitrogens with one attached hydrogen (secondary N) is 1. The average Bonchev–Trinajstić information content (AvgIpc) is 2.13. The number of aliphatic carboxylic acids is 1. The van der Waals surface area contributed by atoms with Gasteiger partial charge in [0.1, 0.15) is 17.4 Å². The highest BCUT2D eigenvalue weighted by atomic mass is 16.6. The van der Waals surface area contributed by atoms with Crippen LogP contribution in [-0.2, 0) is 14.3 Å². The molecule has 0 unspecified atom stereocenters. The summed E-state index contributed by atoms with van der Waals surface area (Å²) in [6, 6.07) is -1.24. The van der Waals surface area contributed by atoms with Gasteiger partial charge in [-0.2, -0.15) is 0 Å². The molecule has 0 aromatic carbocycles. The minimum absolute atomic E-state index is 0.228. The molecule has 0 aliphatic heterocycles. The Hall–Kier alpha value is -1.59. The van der Waals surface area contributed by atoms with Gasteiger partial charge in [-0.3, -0.25) is 4.79 Å². The number of carbonyl (C=O) groups excluding carboxylic acids is 2. The van der Waals surface area contributed by atoms with Crippen LogP contribution in [0.15, 0.2) is 0 Å². The molecule has 2 N–H and O–H groups in total. The topological polar surface area (TPSA) is 92.7 Å². The number of alkyl carbamates (subject to hydrolysis) is 1. The highest BCUT2D eigenvalue weighted by Gasteiger charge is 2.25. The van der Waals surface area contributed by atoms with Crippen molar-refractivity contribution in [3.8, 4) is 0 Å². The summed E-state index contributed by atoms with van der Waals surface area (Å²) in [6.07, 6.45) is -0.834. The van der Waals surface area contributed by atoms with Gasteiger partial charge in [-0.1, -0.05) is 6.92 Å². The highest BCUT2D eigenvalue weighted by molar-refractivity contribution is 5.87. The maximum atomic E-state index is 11.3. The van der Waals surface area contributed by atoms with E-state index in [9.17, 15) is 14.4 Å². The van der Waals surface area contributed by atoms with Crippen molar-refractivity contribution in [2.24, 2.45) is 0 Å². The van der Waals surface area contributed by atoms with Crippen molar-refractivity contribution in [3.63, 3.8) is 0 Å². The van der Waals surface area contributed by atoms with E-state index in [0.29, 0.717) is 0 Å². The Kier molecular flexibility index (Phi) is 5.64. The third-order valence-corrected chi connectivity index (χ3v) is 1.82. The van der Waals surface area contributed by atoms with Gasteiger partial charge in [0.05, 0.1) is 0 Å². The quantitative estimate of drug-likeness (QED) is 0.762. The molecular formula is C11H19NO5. The van der Waals surface area contributed by atoms with Gasteiger partial charge >= 0.3 is 12.1 Å². The summed E-state index contributed by atoms with van der Waals surface area (Å²) in [5, 5.41) is 11.0. The van der Waals surface area contributed by atoms with Crippen molar-refractivity contribution in [1.82, 2.24) is 5.32 Å². The zero-order chi connectivity index (χ0) is 13.6. The third-order valence-electron chi connectivity index (χ3n) is 1.82. The zero-order valence-electron chi connectivity index (χ0n) is 10.6. The summed E-state index contributed by atoms with van der Waals surface area (Å²) in [4.78, 5) is 33.3. The molecule has 0 aliphatic carbocycles. The molecule has 6 nitrogen and oxygen atoms in total. The van der Waals surface area contributed by atoms with Gasteiger partial charge in [-0.15, -0.1) is 0 Å². The van der Waals surface area contributed by atoms with Crippen LogP contribution in [-0.4, -0.2) is 34.6 Å². The molecule has 0 aromatic heterocycles. The first-order valence-corrected chi connectivity index (χ1v) is 5.39. The van der Waals surface area contributed by atoms with Gasteiger partial charge < -0.3 is 15.2 Å². The Labute approximate surface area is 100 Å². The molecule has 0 spiro atoms. The second kappa shape index (κ2) is 6.22. The van der Waals surface area contributed by atoms with Crippen molar-refractivity contribution >= 4 is 17.8 Å². The van der Waals surface area contributed by atoms with Gasteiger partial charge in [-0.25, -0.2) is 9.59 Å². The molecule has 6 heteroatoms. The molecule has 0 fully saturated rings. The number of carboxylic acid groups (broad SMARTS) is 1. The van der Waals surface area contributed by atoms with E-state index in [1.54, 1.807) is 27.7 Å². The van der Waals surface area contributed by atoms with Gasteiger partial charge in [0.15, 0.2) is 0 Å². The molecule has 0 aromatic rings. The van der Waals surface area contributed by atoms with Crippen LogP contribution in [0, 0.1) is 0 Å². The SMILES string of the molecule is CCC(=O)C[C@@H](NC(=O)OC(C)(C)C)C(=O)O. The Morgan fingerprint density at radius 2 is 1.82 bits per heavy atom. The predicted molar refractivity (Wildman–Crippen MR) is 60.7 cm³/mol. The van der Waals surface area contributed by atoms with Crippen LogP contribution in [0.4, 0.5) is 4.79 Å². The summed E-state index contributed by atoms with van der Waals surface area (Å²) in [5.74, 6) is -1.48. The van der Waals surface area contributed by atoms with Crippen molar-refractivity contribution in [2.75, 3.05) is 0 Å². The average molecular weight is 245 g/mol. The van der Waals surface area contributed by atoms with E-state index in [1.165, 1.54) is 0 Å². The molecule has 1 amide bonds. The van der Waals surface area contributed by atoms with E-state index in [-0.39, 0.29) is 18.6 Å². The van der Waals surface area contributed by atoms with Crippen LogP contribution in [0.5, 0.6) is 0 Å². The maximum Gasteiger partial charge on any atom is 0.408 e. The fourth-order valence-corrected chi connectivity index (χ4v) is 1.02. The number of carbonyl (C=O) groups is 3. The second-order valence-electron chi connectivity index (χ2n) is 4.63. The van der Waals surface area contributed by atoms with Crippen molar-refractivity contribution in [2.45, 2.75) is 52.2 Å². The number of carboxylic acids is 1. The molecule has 0 saturated heterocycles. The molecule has 0 aliphatic rings. The monoisotopic (exact) mass is 245 g/mol. The van der Waals surface area contributed by atoms with Crippen LogP contribution in [0.1, 0.15) is 40.5 Å². The number of rotatable bonds is 5. The number of ketones is 1. The summed E-state index contributed by atoms with van der Waals surface area (Å²) >= 11 is 0. The zero-order valence-corrected chi connectivity index (χ0v) is 10.6. The molecule has 0 saturated carbocycles. The lowest BCUT2D eigenvalue weighted by atomic mass is 10.1. The van der Waals surface area contributed by atoms with Gasteiger partial charge in [0, 0.05) is 12.8 Å². The minimum Gasteiger partial charge on any atom is -0.480 e. The van der Waals surface area contributed by atoms with Crippen LogP contribution in [0.3, 0.4) is 0 Å². The standard InChI is InChI=1S/C11H19NO5/c1-5-7(13)6-8(9(14)15)12-10(16)17-11(2,3)4/h8H,5-6H2,1-4H3,(H,12,16)(H,14,15)/t8-/m1/s1. The summed E-state index contributed by atoms with van der Waals surface area (Å²) in [6.45, 7) is 6.63. The Balaban J connectivity index is 4.41. The minimum atomic E-state index is -1.25. The van der Waals surface area contributed by atoms with Crippen LogP contribution in [0.25, 0.3) is 0 Å². The van der Waals surface area contributed by atoms with Crippen LogP contribution >= 0.6 is 0 Å². The first kappa shape index (κ1) is 15.4. The first-order valence-electron chi connectivity index (χ1n) is 5.39. The van der Waals surface area contributed by atoms with E-state index in [2.05, 4.69) is 5.32 Å². The summed E-state index contributed by atoms with van der Waals surface area (Å²) < 4.78 is 4.91. The van der Waals surface area contributed by atoms with E-state index < -0.39 is 23.7 Å². The van der Waals surface area contributed by atoms with E-state index in [4.69, 9.17) is 9.84 Å². The Morgan fingerprint density at radius 3 is 2.18 bits per heavy atom. The number of amides is 1. The first-order chi connectivity index (χ1) is 7.65. The van der Waals surface area contributed by atoms with Crippen LogP contribution < -0.4 is 5.32 Å². The number of hydrogen-bond acceptors (Lipinski definition) is 4. The van der Waals surface area contributed by atoms with E-state index in [1.807, 2.05) is 0 Å². The lowest BCUT2D eigenvalue weighted by Gasteiger charge is -2.21. The molecule has 17 heavy (non-hydrogen) atoms. The fraction of sp³-hybridized carbons (Fsp3) is 0.727. The largest absolute Gasteiger partial charge is 0.480 e. The molecule has 0 heterocycles. The Bertz CT molecular complexity index is 305. The van der Waals surface area contributed by atoms with Gasteiger partial charge in [0.25, 0.3) is 0 Å². The lowest BCUT2D eigenvalue weighted by molar-refractivity contribution is -0.141. The molecule has 0 bridgehead atoms. The van der Waals surface area contributed by atoms with Crippen molar-refractivity contribution < 1.29 is 24.2 Å². The molecular weight excluding hydrogens is 226 g/mol. The predicted octanol–water partition coefficient (Wildman–Crippen LogP) is 1.33. The van der Waals surface area contributed by atoms with Crippen molar-refractivity contribution in [3.05, 3.63) is 0 Å². The number of hydrogen-bond donors (Lipinski definition) is 2. The summed E-state index contributed by atoms with van der Waals surface area (Å²) in [5.41, 5.74) is -0.706. The normalized spacial score (nSPS) is 12.7. The maximum absolute atomic E-state index is 11.3. The van der Waals surface area contributed by atoms with E-state index in [0.717, 1.165) is 0 Å². The Morgan fingerprint density at radius 1 is 1.29 bits per heavy atom. The molecule has 1 atom stereocenters. The summed E-state index contributed by atoms with van der Waals surface area (Å²) in [7, 11) is 0. The lowest BCUT2D eigenvalue weighted by Crippen LogP contribution is -2.44. The van der Waals surface area contributed by atoms with Gasteiger partial charge in [0.2, 0.25) is 0 Å².